The van der Waals surface area contributed by atoms with Gasteiger partial charge >= 0.3 is 0 Å². The summed E-state index contributed by atoms with van der Waals surface area (Å²) < 4.78 is 0. The average Bonchev–Trinajstić information content (AvgIpc) is 3.50. The summed E-state index contributed by atoms with van der Waals surface area (Å²) in [6.07, 6.45) is 0. The van der Waals surface area contributed by atoms with Gasteiger partial charge in [0.2, 0.25) is 0 Å². The molecule has 4 aromatic carbocycles. The van der Waals surface area contributed by atoms with E-state index in [4.69, 9.17) is 0 Å². The maximum absolute atomic E-state index is 12.6. The zero-order valence-electron chi connectivity index (χ0n) is 18.0. The van der Waals surface area contributed by atoms with Crippen molar-refractivity contribution in [3.05, 3.63) is 131 Å². The van der Waals surface area contributed by atoms with E-state index in [1.54, 1.807) is 30.3 Å². The second kappa shape index (κ2) is 10.9. The van der Waals surface area contributed by atoms with Gasteiger partial charge in [0.1, 0.15) is 0 Å². The Balaban J connectivity index is 0.000000254. The minimum Gasteiger partial charge on any atom is -0.748 e. The number of ketones is 2. The van der Waals surface area contributed by atoms with E-state index in [-0.39, 0.29) is 34.1 Å². The zero-order valence-corrected chi connectivity index (χ0v) is 19.1. The maximum atomic E-state index is 12.6. The standard InChI is InChI=1S/C18H16O2.2C5H5.Fe/c1-18(2,3)11-8-9-14-15(10-11)17(20)13-7-5-4-6-12(13)16(14)19;2*1-2-4-5-3-1;/h4-10H,1-3H3;2*1-5H;/q;-5;-1;. The van der Waals surface area contributed by atoms with Crippen molar-refractivity contribution >= 4 is 11.6 Å². The molecule has 2 nitrogen and oxygen atoms in total. The van der Waals surface area contributed by atoms with Gasteiger partial charge in [-0.1, -0.05) is 51.1 Å². The molecule has 0 bridgehead atoms. The first kappa shape index (κ1) is 24.3. The molecule has 0 heterocycles. The fraction of sp³-hybridized carbons (Fsp3) is 0.143. The van der Waals surface area contributed by atoms with Gasteiger partial charge < -0.3 is 30.3 Å². The van der Waals surface area contributed by atoms with Gasteiger partial charge in [0, 0.05) is 39.3 Å². The van der Waals surface area contributed by atoms with Crippen LogP contribution in [0, 0.1) is 0 Å². The first-order valence-corrected chi connectivity index (χ1v) is 10.1. The summed E-state index contributed by atoms with van der Waals surface area (Å²) in [5.41, 5.74) is 3.08. The van der Waals surface area contributed by atoms with Crippen molar-refractivity contribution in [2.75, 3.05) is 0 Å². The third-order valence-corrected chi connectivity index (χ3v) is 4.90. The molecule has 5 rings (SSSR count). The summed E-state index contributed by atoms with van der Waals surface area (Å²) in [5, 5.41) is 0. The fourth-order valence-corrected chi connectivity index (χ4v) is 3.21. The van der Waals surface area contributed by atoms with Crippen LogP contribution in [0.3, 0.4) is 0 Å². The third-order valence-electron chi connectivity index (χ3n) is 4.90. The first-order chi connectivity index (χ1) is 14.4. The first-order valence-electron chi connectivity index (χ1n) is 10.1. The predicted octanol–water partition coefficient (Wildman–Crippen LogP) is 6.57. The van der Waals surface area contributed by atoms with Gasteiger partial charge in [0.05, 0.1) is 0 Å². The van der Waals surface area contributed by atoms with Gasteiger partial charge in [0.15, 0.2) is 11.6 Å². The Morgan fingerprint density at radius 1 is 0.613 bits per heavy atom. The maximum Gasteiger partial charge on any atom is 0.194 e. The Bertz CT molecular complexity index is 1040. The average molecular weight is 450 g/mol. The summed E-state index contributed by atoms with van der Waals surface area (Å²) in [6, 6.07) is 32.6. The quantitative estimate of drug-likeness (QED) is 0.198. The molecule has 0 unspecified atom stereocenters. The van der Waals surface area contributed by atoms with Crippen molar-refractivity contribution in [3.63, 3.8) is 0 Å². The van der Waals surface area contributed by atoms with Crippen LogP contribution in [0.25, 0.3) is 0 Å². The van der Waals surface area contributed by atoms with Crippen molar-refractivity contribution < 1.29 is 26.7 Å². The molecule has 0 aromatic heterocycles. The van der Waals surface area contributed by atoms with E-state index in [1.807, 2.05) is 72.8 Å². The summed E-state index contributed by atoms with van der Waals surface area (Å²) in [7, 11) is 0. The van der Waals surface area contributed by atoms with Gasteiger partial charge in [0.25, 0.3) is 0 Å². The van der Waals surface area contributed by atoms with E-state index in [1.165, 1.54) is 0 Å². The Morgan fingerprint density at radius 2 is 1.06 bits per heavy atom. The number of carbonyl (C=O) groups is 2. The Labute approximate surface area is 195 Å². The van der Waals surface area contributed by atoms with E-state index in [9.17, 15) is 9.59 Å². The Kier molecular flexibility index (Phi) is 8.50. The van der Waals surface area contributed by atoms with Crippen molar-refractivity contribution in [1.82, 2.24) is 0 Å². The molecule has 31 heavy (non-hydrogen) atoms. The Morgan fingerprint density at radius 3 is 1.48 bits per heavy atom. The molecule has 0 spiro atoms. The molecular formula is C28H26FeO2-6. The number of rotatable bonds is 0. The SMILES string of the molecule is CC(C)(C)c1ccc2c(c1)C(=O)c1ccccc1C2=O.[Fe].[cH-]1[cH-][cH-][cH-][cH-]1.c1cc[cH-]c1. The summed E-state index contributed by atoms with van der Waals surface area (Å²) in [6.45, 7) is 6.29. The molecule has 0 radical (unpaired) electrons. The number of hydrogen-bond acceptors (Lipinski definition) is 2. The van der Waals surface area contributed by atoms with Crippen LogP contribution in [0.2, 0.25) is 0 Å². The van der Waals surface area contributed by atoms with E-state index in [2.05, 4.69) is 20.8 Å². The summed E-state index contributed by atoms with van der Waals surface area (Å²) in [4.78, 5) is 25.0. The molecule has 4 aromatic rings. The fourth-order valence-electron chi connectivity index (χ4n) is 3.21. The summed E-state index contributed by atoms with van der Waals surface area (Å²) >= 11 is 0. The van der Waals surface area contributed by atoms with Gasteiger partial charge in [-0.2, -0.15) is 18.2 Å². The second-order valence-electron chi connectivity index (χ2n) is 8.14. The van der Waals surface area contributed by atoms with Crippen molar-refractivity contribution in [2.24, 2.45) is 0 Å². The van der Waals surface area contributed by atoms with E-state index < -0.39 is 0 Å². The molecule has 0 saturated carbocycles. The minimum absolute atomic E-state index is 0. The summed E-state index contributed by atoms with van der Waals surface area (Å²) in [5.74, 6) is -0.114. The molecule has 0 saturated heterocycles. The zero-order chi connectivity index (χ0) is 21.6. The topological polar surface area (TPSA) is 34.1 Å². The van der Waals surface area contributed by atoms with Crippen LogP contribution in [0.1, 0.15) is 58.2 Å². The van der Waals surface area contributed by atoms with Crippen LogP contribution in [-0.4, -0.2) is 11.6 Å². The molecule has 0 atom stereocenters. The van der Waals surface area contributed by atoms with E-state index >= 15 is 0 Å². The molecule has 0 fully saturated rings. The third kappa shape index (κ3) is 6.01. The van der Waals surface area contributed by atoms with Crippen LogP contribution >= 0.6 is 0 Å². The van der Waals surface area contributed by atoms with Gasteiger partial charge in [-0.05, 0) is 23.1 Å². The molecule has 1 aliphatic rings. The molecule has 164 valence electrons. The molecule has 0 amide bonds. The number of fused-ring (bicyclic) bond motifs is 2. The second-order valence-corrected chi connectivity index (χ2v) is 8.14. The minimum atomic E-state index is -0.0596. The largest absolute Gasteiger partial charge is 0.748 e. The van der Waals surface area contributed by atoms with E-state index in [0.717, 1.165) is 5.56 Å². The Hall–Kier alpha value is -3.00. The molecule has 3 heteroatoms. The van der Waals surface area contributed by atoms with Gasteiger partial charge in [-0.15, -0.1) is 0 Å². The van der Waals surface area contributed by atoms with E-state index in [0.29, 0.717) is 22.3 Å². The molecule has 0 aliphatic heterocycles. The molecular weight excluding hydrogens is 424 g/mol. The molecule has 0 N–H and O–H groups in total. The number of benzene rings is 2. The van der Waals surface area contributed by atoms with Crippen LogP contribution in [0.15, 0.2) is 103 Å². The predicted molar refractivity (Wildman–Crippen MR) is 123 cm³/mol. The van der Waals surface area contributed by atoms with Crippen LogP contribution < -0.4 is 0 Å². The number of carbonyl (C=O) groups excluding carboxylic acids is 2. The van der Waals surface area contributed by atoms with Crippen molar-refractivity contribution in [1.29, 1.82) is 0 Å². The van der Waals surface area contributed by atoms with Gasteiger partial charge in [-0.25, -0.2) is 12.1 Å². The molecule has 1 aliphatic carbocycles. The monoisotopic (exact) mass is 450 g/mol. The normalized spacial score (nSPS) is 11.6. The van der Waals surface area contributed by atoms with Crippen LogP contribution in [-0.2, 0) is 22.5 Å². The van der Waals surface area contributed by atoms with Crippen LogP contribution in [0.4, 0.5) is 0 Å². The number of hydrogen-bond donors (Lipinski definition) is 0. The smallest absolute Gasteiger partial charge is 0.194 e. The van der Waals surface area contributed by atoms with Crippen molar-refractivity contribution in [2.45, 2.75) is 26.2 Å². The van der Waals surface area contributed by atoms with Crippen molar-refractivity contribution in [3.8, 4) is 0 Å². The van der Waals surface area contributed by atoms with Gasteiger partial charge in [-0.3, -0.25) is 9.59 Å². The van der Waals surface area contributed by atoms with Crippen LogP contribution in [0.5, 0.6) is 0 Å².